The van der Waals surface area contributed by atoms with Crippen LogP contribution in [0.2, 0.25) is 0 Å². The van der Waals surface area contributed by atoms with E-state index in [1.54, 1.807) is 0 Å². The standard InChI is InChI=1S/C16H27N3O/c1-12(2)18-7-6-13(10-18)8-16-17-9-14-4-3-5-15(11-20)19(14)16/h9,12-13,15,20H,3-8,10-11H2,1-2H3. The summed E-state index contributed by atoms with van der Waals surface area (Å²) in [7, 11) is 0. The number of fused-ring (bicyclic) bond motifs is 1. The average molecular weight is 277 g/mol. The zero-order chi connectivity index (χ0) is 14.1. The summed E-state index contributed by atoms with van der Waals surface area (Å²) in [6, 6.07) is 0.915. The van der Waals surface area contributed by atoms with Crippen molar-refractivity contribution in [3.8, 4) is 0 Å². The second kappa shape index (κ2) is 5.86. The molecule has 0 spiro atoms. The molecule has 112 valence electrons. The number of aliphatic hydroxyl groups excluding tert-OH is 1. The molecule has 3 rings (SSSR count). The summed E-state index contributed by atoms with van der Waals surface area (Å²) >= 11 is 0. The fourth-order valence-corrected chi connectivity index (χ4v) is 3.80. The molecule has 0 aliphatic carbocycles. The lowest BCUT2D eigenvalue weighted by atomic mass is 10.0. The van der Waals surface area contributed by atoms with Gasteiger partial charge in [0.05, 0.1) is 12.6 Å². The topological polar surface area (TPSA) is 41.3 Å². The van der Waals surface area contributed by atoms with Gasteiger partial charge in [0.1, 0.15) is 5.82 Å². The molecule has 0 amide bonds. The van der Waals surface area contributed by atoms with Crippen molar-refractivity contribution in [3.05, 3.63) is 17.7 Å². The number of nitrogens with zero attached hydrogens (tertiary/aromatic N) is 3. The number of aromatic nitrogens is 2. The van der Waals surface area contributed by atoms with E-state index in [0.29, 0.717) is 6.04 Å². The van der Waals surface area contributed by atoms with Gasteiger partial charge in [-0.3, -0.25) is 0 Å². The first kappa shape index (κ1) is 14.1. The first-order chi connectivity index (χ1) is 9.69. The molecular formula is C16H27N3O. The quantitative estimate of drug-likeness (QED) is 0.915. The summed E-state index contributed by atoms with van der Waals surface area (Å²) in [6.45, 7) is 7.23. The Kier molecular flexibility index (Phi) is 4.13. The first-order valence-electron chi connectivity index (χ1n) is 8.09. The van der Waals surface area contributed by atoms with E-state index in [4.69, 9.17) is 0 Å². The molecule has 0 bridgehead atoms. The maximum Gasteiger partial charge on any atom is 0.109 e. The Labute approximate surface area is 121 Å². The Morgan fingerprint density at radius 1 is 1.40 bits per heavy atom. The molecule has 2 aliphatic heterocycles. The lowest BCUT2D eigenvalue weighted by molar-refractivity contribution is 0.203. The number of aliphatic hydroxyl groups is 1. The summed E-state index contributed by atoms with van der Waals surface area (Å²) in [5.41, 5.74) is 1.32. The van der Waals surface area contributed by atoms with E-state index in [-0.39, 0.29) is 12.6 Å². The number of imidazole rings is 1. The van der Waals surface area contributed by atoms with E-state index < -0.39 is 0 Å². The van der Waals surface area contributed by atoms with Crippen LogP contribution in [-0.2, 0) is 12.8 Å². The van der Waals surface area contributed by atoms with Gasteiger partial charge in [-0.05, 0) is 52.0 Å². The van der Waals surface area contributed by atoms with Crippen molar-refractivity contribution in [3.63, 3.8) is 0 Å². The van der Waals surface area contributed by atoms with E-state index in [0.717, 1.165) is 25.2 Å². The van der Waals surface area contributed by atoms with Gasteiger partial charge in [0.15, 0.2) is 0 Å². The highest BCUT2D eigenvalue weighted by atomic mass is 16.3. The van der Waals surface area contributed by atoms with E-state index in [2.05, 4.69) is 28.3 Å². The van der Waals surface area contributed by atoms with Gasteiger partial charge in [-0.15, -0.1) is 0 Å². The minimum absolute atomic E-state index is 0.249. The largest absolute Gasteiger partial charge is 0.394 e. The van der Waals surface area contributed by atoms with Gasteiger partial charge < -0.3 is 14.6 Å². The number of hydrogen-bond donors (Lipinski definition) is 1. The number of aryl methyl sites for hydroxylation is 1. The third-order valence-electron chi connectivity index (χ3n) is 5.02. The summed E-state index contributed by atoms with van der Waals surface area (Å²) in [5.74, 6) is 1.93. The van der Waals surface area contributed by atoms with Crippen molar-refractivity contribution >= 4 is 0 Å². The fourth-order valence-electron chi connectivity index (χ4n) is 3.80. The first-order valence-corrected chi connectivity index (χ1v) is 8.09. The van der Waals surface area contributed by atoms with Crippen LogP contribution >= 0.6 is 0 Å². The predicted octanol–water partition coefficient (Wildman–Crippen LogP) is 2.03. The monoisotopic (exact) mass is 277 g/mol. The molecule has 1 saturated heterocycles. The van der Waals surface area contributed by atoms with Crippen LogP contribution in [0.15, 0.2) is 6.20 Å². The molecule has 0 aromatic carbocycles. The van der Waals surface area contributed by atoms with Gasteiger partial charge in [-0.1, -0.05) is 0 Å². The highest BCUT2D eigenvalue weighted by Crippen LogP contribution is 2.29. The van der Waals surface area contributed by atoms with Crippen molar-refractivity contribution in [2.45, 2.75) is 58.0 Å². The summed E-state index contributed by atoms with van der Waals surface area (Å²) in [6.07, 6.45) is 7.78. The van der Waals surface area contributed by atoms with Crippen molar-refractivity contribution in [2.24, 2.45) is 5.92 Å². The molecule has 3 heterocycles. The van der Waals surface area contributed by atoms with Gasteiger partial charge in [-0.25, -0.2) is 4.98 Å². The van der Waals surface area contributed by atoms with Gasteiger partial charge in [0.2, 0.25) is 0 Å². The maximum absolute atomic E-state index is 9.60. The zero-order valence-corrected chi connectivity index (χ0v) is 12.8. The van der Waals surface area contributed by atoms with E-state index >= 15 is 0 Å². The molecule has 4 heteroatoms. The van der Waals surface area contributed by atoms with E-state index in [1.165, 1.54) is 37.4 Å². The van der Waals surface area contributed by atoms with E-state index in [1.807, 2.05) is 6.20 Å². The van der Waals surface area contributed by atoms with Gasteiger partial charge in [0, 0.05) is 30.9 Å². The van der Waals surface area contributed by atoms with Crippen LogP contribution in [0.1, 0.15) is 50.7 Å². The molecule has 1 N–H and O–H groups in total. The van der Waals surface area contributed by atoms with Crippen molar-refractivity contribution < 1.29 is 5.11 Å². The molecule has 4 nitrogen and oxygen atoms in total. The summed E-state index contributed by atoms with van der Waals surface area (Å²) in [5, 5.41) is 9.60. The van der Waals surface area contributed by atoms with Crippen LogP contribution in [0.3, 0.4) is 0 Å². The highest BCUT2D eigenvalue weighted by molar-refractivity contribution is 5.11. The second-order valence-electron chi connectivity index (χ2n) is 6.71. The Hall–Kier alpha value is -0.870. The minimum Gasteiger partial charge on any atom is -0.394 e. The number of rotatable bonds is 4. The van der Waals surface area contributed by atoms with Crippen LogP contribution in [0.4, 0.5) is 0 Å². The molecule has 0 radical (unpaired) electrons. The van der Waals surface area contributed by atoms with Crippen LogP contribution in [0.5, 0.6) is 0 Å². The Morgan fingerprint density at radius 3 is 2.95 bits per heavy atom. The summed E-state index contributed by atoms with van der Waals surface area (Å²) < 4.78 is 2.33. The van der Waals surface area contributed by atoms with Crippen molar-refractivity contribution in [2.75, 3.05) is 19.7 Å². The van der Waals surface area contributed by atoms with Gasteiger partial charge in [-0.2, -0.15) is 0 Å². The average Bonchev–Trinajstić information content (AvgIpc) is 3.06. The van der Waals surface area contributed by atoms with Crippen LogP contribution < -0.4 is 0 Å². The Morgan fingerprint density at radius 2 is 2.25 bits per heavy atom. The normalized spacial score (nSPS) is 27.2. The predicted molar refractivity (Wildman–Crippen MR) is 79.8 cm³/mol. The smallest absolute Gasteiger partial charge is 0.109 e. The molecule has 0 saturated carbocycles. The highest BCUT2D eigenvalue weighted by Gasteiger charge is 2.28. The molecule has 1 aromatic rings. The Balaban J connectivity index is 1.71. The second-order valence-corrected chi connectivity index (χ2v) is 6.71. The molecule has 20 heavy (non-hydrogen) atoms. The minimum atomic E-state index is 0.249. The lowest BCUT2D eigenvalue weighted by Crippen LogP contribution is -2.29. The van der Waals surface area contributed by atoms with Crippen LogP contribution in [0.25, 0.3) is 0 Å². The summed E-state index contributed by atoms with van der Waals surface area (Å²) in [4.78, 5) is 7.23. The molecular weight excluding hydrogens is 250 g/mol. The molecule has 2 aliphatic rings. The van der Waals surface area contributed by atoms with Crippen LogP contribution in [0, 0.1) is 5.92 Å². The third-order valence-corrected chi connectivity index (χ3v) is 5.02. The lowest BCUT2D eigenvalue weighted by Gasteiger charge is -2.26. The van der Waals surface area contributed by atoms with Gasteiger partial charge >= 0.3 is 0 Å². The van der Waals surface area contributed by atoms with Crippen molar-refractivity contribution in [1.82, 2.24) is 14.5 Å². The number of hydrogen-bond acceptors (Lipinski definition) is 3. The van der Waals surface area contributed by atoms with Crippen LogP contribution in [-0.4, -0.2) is 45.3 Å². The Bertz CT molecular complexity index is 455. The maximum atomic E-state index is 9.60. The molecule has 1 fully saturated rings. The fraction of sp³-hybridized carbons (Fsp3) is 0.812. The zero-order valence-electron chi connectivity index (χ0n) is 12.8. The SMILES string of the molecule is CC(C)N1CCC(Cc2ncc3n2C(CO)CCC3)C1. The van der Waals surface area contributed by atoms with Crippen molar-refractivity contribution in [1.29, 1.82) is 0 Å². The molecule has 2 atom stereocenters. The molecule has 1 aromatic heterocycles. The van der Waals surface area contributed by atoms with Gasteiger partial charge in [0.25, 0.3) is 0 Å². The third kappa shape index (κ3) is 2.63. The molecule has 2 unspecified atom stereocenters. The number of likely N-dealkylation sites (tertiary alicyclic amines) is 1. The van der Waals surface area contributed by atoms with E-state index in [9.17, 15) is 5.11 Å².